The fraction of sp³-hybridized carbons (Fsp3) is 0.333. The summed E-state index contributed by atoms with van der Waals surface area (Å²) in [5.74, 6) is 0.964. The number of hydrogen-bond donors (Lipinski definition) is 1. The summed E-state index contributed by atoms with van der Waals surface area (Å²) in [5, 5.41) is 3.80. The van der Waals surface area contributed by atoms with Gasteiger partial charge in [0.1, 0.15) is 5.82 Å². The van der Waals surface area contributed by atoms with Crippen LogP contribution in [0.4, 0.5) is 4.39 Å². The zero-order valence-electron chi connectivity index (χ0n) is 12.0. The topological polar surface area (TPSA) is 12.0 Å². The molecule has 1 aliphatic carbocycles. The van der Waals surface area contributed by atoms with Crippen LogP contribution >= 0.6 is 11.6 Å². The van der Waals surface area contributed by atoms with E-state index in [9.17, 15) is 4.39 Å². The van der Waals surface area contributed by atoms with Crippen molar-refractivity contribution >= 4 is 11.6 Å². The summed E-state index contributed by atoms with van der Waals surface area (Å²) >= 11 is 5.81. The van der Waals surface area contributed by atoms with E-state index in [0.717, 1.165) is 5.56 Å². The summed E-state index contributed by atoms with van der Waals surface area (Å²) in [6.07, 6.45) is 1.87. The Bertz CT molecular complexity index is 614. The van der Waals surface area contributed by atoms with Crippen molar-refractivity contribution in [1.82, 2.24) is 5.32 Å². The van der Waals surface area contributed by atoms with Crippen molar-refractivity contribution in [3.8, 4) is 0 Å². The van der Waals surface area contributed by atoms with Crippen molar-refractivity contribution in [1.29, 1.82) is 0 Å². The van der Waals surface area contributed by atoms with Gasteiger partial charge in [-0.1, -0.05) is 48.0 Å². The van der Waals surface area contributed by atoms with Gasteiger partial charge < -0.3 is 5.32 Å². The molecule has 3 unspecified atom stereocenters. The van der Waals surface area contributed by atoms with Gasteiger partial charge in [-0.15, -0.1) is 0 Å². The summed E-state index contributed by atoms with van der Waals surface area (Å²) in [6, 6.07) is 15.8. The molecule has 0 radical (unpaired) electrons. The Morgan fingerprint density at radius 2 is 2.00 bits per heavy atom. The lowest BCUT2D eigenvalue weighted by Gasteiger charge is -2.17. The zero-order valence-corrected chi connectivity index (χ0v) is 12.8. The summed E-state index contributed by atoms with van der Waals surface area (Å²) in [6.45, 7) is 0. The number of benzene rings is 2. The Labute approximate surface area is 130 Å². The number of halogens is 2. The molecule has 1 nitrogen and oxygen atoms in total. The van der Waals surface area contributed by atoms with Crippen LogP contribution in [0.25, 0.3) is 0 Å². The Hall–Kier alpha value is -1.38. The molecule has 3 rings (SSSR count). The lowest BCUT2D eigenvalue weighted by Crippen LogP contribution is -2.30. The van der Waals surface area contributed by atoms with Gasteiger partial charge in [0, 0.05) is 11.1 Å². The van der Waals surface area contributed by atoms with Crippen molar-refractivity contribution < 1.29 is 4.39 Å². The highest BCUT2D eigenvalue weighted by Gasteiger charge is 2.43. The molecule has 1 N–H and O–H groups in total. The third-order valence-corrected chi connectivity index (χ3v) is 4.65. The highest BCUT2D eigenvalue weighted by Crippen LogP contribution is 2.50. The first kappa shape index (κ1) is 14.6. The molecule has 3 heteroatoms. The molecule has 0 aromatic heterocycles. The molecule has 21 heavy (non-hydrogen) atoms. The smallest absolute Gasteiger partial charge is 0.127 e. The van der Waals surface area contributed by atoms with Crippen LogP contribution in [0.15, 0.2) is 48.5 Å². The zero-order chi connectivity index (χ0) is 14.8. The third-order valence-electron chi connectivity index (χ3n) is 4.41. The number of hydrogen-bond acceptors (Lipinski definition) is 1. The van der Waals surface area contributed by atoms with Crippen molar-refractivity contribution in [2.24, 2.45) is 5.92 Å². The average molecular weight is 304 g/mol. The molecule has 0 heterocycles. The van der Waals surface area contributed by atoms with Crippen LogP contribution in [0.3, 0.4) is 0 Å². The van der Waals surface area contributed by atoms with Crippen molar-refractivity contribution in [3.05, 3.63) is 70.5 Å². The molecule has 0 spiro atoms. The third kappa shape index (κ3) is 3.28. The van der Waals surface area contributed by atoms with Crippen LogP contribution in [0, 0.1) is 11.7 Å². The summed E-state index contributed by atoms with van der Waals surface area (Å²) in [7, 11) is 1.96. The highest BCUT2D eigenvalue weighted by atomic mass is 35.5. The van der Waals surface area contributed by atoms with E-state index in [1.54, 1.807) is 12.1 Å². The molecule has 1 aliphatic rings. The van der Waals surface area contributed by atoms with E-state index >= 15 is 0 Å². The van der Waals surface area contributed by atoms with Gasteiger partial charge in [0.2, 0.25) is 0 Å². The fourth-order valence-electron chi connectivity index (χ4n) is 3.13. The SMILES string of the molecule is CNC(Cc1ccc(Cl)cc1F)C1CC1c1ccccc1. The van der Waals surface area contributed by atoms with Gasteiger partial charge in [0.15, 0.2) is 0 Å². The minimum absolute atomic E-state index is 0.209. The van der Waals surface area contributed by atoms with Crippen LogP contribution in [0.1, 0.15) is 23.5 Å². The van der Waals surface area contributed by atoms with E-state index < -0.39 is 0 Å². The number of rotatable bonds is 5. The molecule has 3 atom stereocenters. The van der Waals surface area contributed by atoms with Crippen LogP contribution in [0.5, 0.6) is 0 Å². The van der Waals surface area contributed by atoms with E-state index in [4.69, 9.17) is 11.6 Å². The molecular formula is C18H19ClFN. The maximum atomic E-state index is 13.9. The molecule has 110 valence electrons. The Morgan fingerprint density at radius 3 is 2.67 bits per heavy atom. The maximum Gasteiger partial charge on any atom is 0.127 e. The van der Waals surface area contributed by atoms with Crippen LogP contribution < -0.4 is 5.32 Å². The average Bonchev–Trinajstić information content (AvgIpc) is 3.28. The van der Waals surface area contributed by atoms with E-state index in [0.29, 0.717) is 29.3 Å². The largest absolute Gasteiger partial charge is 0.316 e. The fourth-order valence-corrected chi connectivity index (χ4v) is 3.29. The second-order valence-electron chi connectivity index (χ2n) is 5.75. The van der Waals surface area contributed by atoms with Crippen LogP contribution in [-0.2, 0) is 6.42 Å². The predicted molar refractivity (Wildman–Crippen MR) is 85.3 cm³/mol. The van der Waals surface area contributed by atoms with E-state index in [1.165, 1.54) is 18.1 Å². The molecule has 0 aliphatic heterocycles. The summed E-state index contributed by atoms with van der Waals surface area (Å²) in [5.41, 5.74) is 2.12. The molecule has 1 fully saturated rings. The lowest BCUT2D eigenvalue weighted by molar-refractivity contribution is 0.479. The van der Waals surface area contributed by atoms with Crippen molar-refractivity contribution in [3.63, 3.8) is 0 Å². The van der Waals surface area contributed by atoms with Gasteiger partial charge in [-0.2, -0.15) is 0 Å². The van der Waals surface area contributed by atoms with Gasteiger partial charge in [0.25, 0.3) is 0 Å². The van der Waals surface area contributed by atoms with E-state index in [2.05, 4.69) is 29.6 Å². The Balaban J connectivity index is 1.70. The molecule has 0 bridgehead atoms. The van der Waals surface area contributed by atoms with Gasteiger partial charge in [-0.3, -0.25) is 0 Å². The normalized spacial score (nSPS) is 22.0. The van der Waals surface area contributed by atoms with Gasteiger partial charge in [-0.05, 0) is 55.0 Å². The lowest BCUT2D eigenvalue weighted by atomic mass is 9.98. The van der Waals surface area contributed by atoms with Crippen LogP contribution in [0.2, 0.25) is 5.02 Å². The van der Waals surface area contributed by atoms with Gasteiger partial charge in [0.05, 0.1) is 0 Å². The van der Waals surface area contributed by atoms with E-state index in [-0.39, 0.29) is 5.82 Å². The molecule has 0 saturated heterocycles. The molecule has 2 aromatic carbocycles. The molecule has 0 amide bonds. The second-order valence-corrected chi connectivity index (χ2v) is 6.19. The Morgan fingerprint density at radius 1 is 1.24 bits per heavy atom. The van der Waals surface area contributed by atoms with Gasteiger partial charge in [-0.25, -0.2) is 4.39 Å². The second kappa shape index (κ2) is 6.17. The minimum atomic E-state index is -0.209. The van der Waals surface area contributed by atoms with Crippen molar-refractivity contribution in [2.75, 3.05) is 7.05 Å². The maximum absolute atomic E-state index is 13.9. The highest BCUT2D eigenvalue weighted by molar-refractivity contribution is 6.30. The first-order valence-electron chi connectivity index (χ1n) is 7.35. The summed E-state index contributed by atoms with van der Waals surface area (Å²) in [4.78, 5) is 0. The monoisotopic (exact) mass is 303 g/mol. The molecular weight excluding hydrogens is 285 g/mol. The number of likely N-dealkylation sites (N-methyl/N-ethyl adjacent to an activating group) is 1. The summed E-state index contributed by atoms with van der Waals surface area (Å²) < 4.78 is 13.9. The van der Waals surface area contributed by atoms with E-state index in [1.807, 2.05) is 13.1 Å². The number of nitrogens with one attached hydrogen (secondary N) is 1. The van der Waals surface area contributed by atoms with Crippen molar-refractivity contribution in [2.45, 2.75) is 24.8 Å². The first-order valence-corrected chi connectivity index (χ1v) is 7.73. The van der Waals surface area contributed by atoms with Crippen LogP contribution in [-0.4, -0.2) is 13.1 Å². The van der Waals surface area contributed by atoms with Gasteiger partial charge >= 0.3 is 0 Å². The molecule has 1 saturated carbocycles. The first-order chi connectivity index (χ1) is 10.2. The predicted octanol–water partition coefficient (Wildman–Crippen LogP) is 4.41. The molecule has 2 aromatic rings. The standard InChI is InChI=1S/C18H19ClFN/c1-21-18(9-13-7-8-14(19)10-17(13)20)16-11-15(16)12-5-3-2-4-6-12/h2-8,10,15-16,18,21H,9,11H2,1H3. The Kier molecular flexibility index (Phi) is 4.27. The quantitative estimate of drug-likeness (QED) is 0.862. The minimum Gasteiger partial charge on any atom is -0.316 e.